The van der Waals surface area contributed by atoms with Crippen LogP contribution in [0.5, 0.6) is 0 Å². The van der Waals surface area contributed by atoms with Gasteiger partial charge in [-0.15, -0.1) is 0 Å². The number of carboxylic acid groups (broad SMARTS) is 1. The number of aromatic nitrogens is 3. The van der Waals surface area contributed by atoms with Crippen LogP contribution in [0.3, 0.4) is 0 Å². The summed E-state index contributed by atoms with van der Waals surface area (Å²) in [6, 6.07) is 7.06. The number of hydrogen-bond donors (Lipinski definition) is 1. The Balaban J connectivity index is 2.26. The predicted octanol–water partition coefficient (Wildman–Crippen LogP) is 1.98. The minimum atomic E-state index is -0.915. The Bertz CT molecular complexity index is 655. The van der Waals surface area contributed by atoms with Gasteiger partial charge in [0.15, 0.2) is 0 Å². The third-order valence-electron chi connectivity index (χ3n) is 3.43. The third-order valence-corrected chi connectivity index (χ3v) is 3.43. The molecular weight excluding hydrogens is 296 g/mol. The van der Waals surface area contributed by atoms with Gasteiger partial charge in [0, 0.05) is 13.1 Å². The van der Waals surface area contributed by atoms with Gasteiger partial charge in [-0.3, -0.25) is 9.59 Å². The number of nitrogens with zero attached hydrogens (tertiary/aromatic N) is 4. The molecule has 1 amide bonds. The normalized spacial score (nSPS) is 10.5. The highest BCUT2D eigenvalue weighted by atomic mass is 16.4. The summed E-state index contributed by atoms with van der Waals surface area (Å²) in [6.07, 6.45) is 4.77. The van der Waals surface area contributed by atoms with Crippen molar-refractivity contribution < 1.29 is 14.7 Å². The summed E-state index contributed by atoms with van der Waals surface area (Å²) < 4.78 is 0. The largest absolute Gasteiger partial charge is 0.481 e. The number of para-hydroxylation sites is 1. The van der Waals surface area contributed by atoms with Gasteiger partial charge in [-0.05, 0) is 18.6 Å². The molecule has 1 aromatic heterocycles. The number of amides is 1. The van der Waals surface area contributed by atoms with Crippen molar-refractivity contribution in [3.05, 3.63) is 42.2 Å². The average Bonchev–Trinajstić information content (AvgIpc) is 3.08. The molecule has 0 aliphatic carbocycles. The zero-order valence-corrected chi connectivity index (χ0v) is 13.1. The molecule has 23 heavy (non-hydrogen) atoms. The Labute approximate surface area is 134 Å². The van der Waals surface area contributed by atoms with Gasteiger partial charge in [0.05, 0.1) is 30.1 Å². The van der Waals surface area contributed by atoms with Crippen molar-refractivity contribution in [3.8, 4) is 5.69 Å². The van der Waals surface area contributed by atoms with E-state index >= 15 is 0 Å². The van der Waals surface area contributed by atoms with Gasteiger partial charge in [-0.2, -0.15) is 15.0 Å². The molecule has 0 bridgehead atoms. The minimum absolute atomic E-state index is 0.0718. The van der Waals surface area contributed by atoms with E-state index in [0.29, 0.717) is 17.8 Å². The molecule has 0 unspecified atom stereocenters. The summed E-state index contributed by atoms with van der Waals surface area (Å²) in [7, 11) is 0. The Morgan fingerprint density at radius 2 is 1.87 bits per heavy atom. The molecule has 1 aromatic carbocycles. The fourth-order valence-corrected chi connectivity index (χ4v) is 2.23. The molecule has 0 atom stereocenters. The van der Waals surface area contributed by atoms with Crippen molar-refractivity contribution in [2.75, 3.05) is 13.1 Å². The lowest BCUT2D eigenvalue weighted by Gasteiger charge is -2.23. The Hall–Kier alpha value is -2.70. The van der Waals surface area contributed by atoms with Crippen molar-refractivity contribution >= 4 is 11.9 Å². The number of carbonyl (C=O) groups is 2. The Morgan fingerprint density at radius 1 is 1.17 bits per heavy atom. The predicted molar refractivity (Wildman–Crippen MR) is 84.4 cm³/mol. The molecular formula is C16H20N4O3. The highest BCUT2D eigenvalue weighted by Gasteiger charge is 2.20. The summed E-state index contributed by atoms with van der Waals surface area (Å²) in [4.78, 5) is 26.6. The van der Waals surface area contributed by atoms with Crippen molar-refractivity contribution in [2.24, 2.45) is 0 Å². The molecule has 1 N–H and O–H groups in total. The van der Waals surface area contributed by atoms with Crippen LogP contribution in [0.1, 0.15) is 36.5 Å². The maximum absolute atomic E-state index is 12.8. The van der Waals surface area contributed by atoms with Gasteiger partial charge in [0.2, 0.25) is 0 Å². The van der Waals surface area contributed by atoms with Crippen LogP contribution in [0.15, 0.2) is 36.7 Å². The fraction of sp³-hybridized carbons (Fsp3) is 0.375. The minimum Gasteiger partial charge on any atom is -0.481 e. The first kappa shape index (κ1) is 16.7. The van der Waals surface area contributed by atoms with Crippen LogP contribution in [0.25, 0.3) is 5.69 Å². The van der Waals surface area contributed by atoms with Crippen molar-refractivity contribution in [1.29, 1.82) is 0 Å². The quantitative estimate of drug-likeness (QED) is 0.804. The molecule has 0 saturated heterocycles. The van der Waals surface area contributed by atoms with Gasteiger partial charge < -0.3 is 10.0 Å². The van der Waals surface area contributed by atoms with Crippen molar-refractivity contribution in [3.63, 3.8) is 0 Å². The Kier molecular flexibility index (Phi) is 5.85. The molecule has 0 spiro atoms. The zero-order chi connectivity index (χ0) is 16.7. The number of carboxylic acids is 1. The van der Waals surface area contributed by atoms with Crippen LogP contribution < -0.4 is 0 Å². The Morgan fingerprint density at radius 3 is 2.52 bits per heavy atom. The summed E-state index contributed by atoms with van der Waals surface area (Å²) in [5.41, 5.74) is 1.05. The summed E-state index contributed by atoms with van der Waals surface area (Å²) >= 11 is 0. The van der Waals surface area contributed by atoms with Crippen molar-refractivity contribution in [2.45, 2.75) is 26.2 Å². The summed E-state index contributed by atoms with van der Waals surface area (Å²) in [5.74, 6) is -1.12. The SMILES string of the molecule is CCCCN(CCC(=O)O)C(=O)c1ccccc1-n1nccn1. The van der Waals surface area contributed by atoms with E-state index in [1.54, 1.807) is 35.5 Å². The summed E-state index contributed by atoms with van der Waals surface area (Å²) in [5, 5.41) is 17.0. The highest BCUT2D eigenvalue weighted by Crippen LogP contribution is 2.16. The van der Waals surface area contributed by atoms with Crippen LogP contribution in [-0.4, -0.2) is 50.0 Å². The first-order chi connectivity index (χ1) is 11.1. The van der Waals surface area contributed by atoms with E-state index in [1.807, 2.05) is 13.0 Å². The molecule has 0 saturated carbocycles. The smallest absolute Gasteiger partial charge is 0.305 e. The second-order valence-corrected chi connectivity index (χ2v) is 5.13. The maximum atomic E-state index is 12.8. The molecule has 7 nitrogen and oxygen atoms in total. The molecule has 0 aliphatic rings. The summed E-state index contributed by atoms with van der Waals surface area (Å²) in [6.45, 7) is 2.75. The first-order valence-electron chi connectivity index (χ1n) is 7.60. The van der Waals surface area contributed by atoms with E-state index in [2.05, 4.69) is 10.2 Å². The van der Waals surface area contributed by atoms with E-state index in [1.165, 1.54) is 4.80 Å². The number of unbranched alkanes of at least 4 members (excludes halogenated alkanes) is 1. The van der Waals surface area contributed by atoms with Crippen LogP contribution >= 0.6 is 0 Å². The van der Waals surface area contributed by atoms with E-state index < -0.39 is 5.97 Å². The second-order valence-electron chi connectivity index (χ2n) is 5.13. The van der Waals surface area contributed by atoms with Gasteiger partial charge in [0.1, 0.15) is 0 Å². The number of benzene rings is 1. The fourth-order valence-electron chi connectivity index (χ4n) is 2.23. The van der Waals surface area contributed by atoms with Crippen molar-refractivity contribution in [1.82, 2.24) is 19.9 Å². The number of carbonyl (C=O) groups excluding carboxylic acids is 1. The van der Waals surface area contributed by atoms with E-state index in [-0.39, 0.29) is 18.9 Å². The average molecular weight is 316 g/mol. The third kappa shape index (κ3) is 4.38. The standard InChI is InChI=1S/C16H20N4O3/c1-2-3-11-19(12-8-15(21)22)16(23)13-6-4-5-7-14(13)20-17-9-10-18-20/h4-7,9-10H,2-3,8,11-12H2,1H3,(H,21,22). The molecule has 122 valence electrons. The van der Waals surface area contributed by atoms with Crippen LogP contribution in [0, 0.1) is 0 Å². The monoisotopic (exact) mass is 316 g/mol. The van der Waals surface area contributed by atoms with Gasteiger partial charge >= 0.3 is 5.97 Å². The lowest BCUT2D eigenvalue weighted by atomic mass is 10.1. The lowest BCUT2D eigenvalue weighted by Crippen LogP contribution is -2.34. The van der Waals surface area contributed by atoms with Crippen LogP contribution in [0.2, 0.25) is 0 Å². The van der Waals surface area contributed by atoms with Gasteiger partial charge in [-0.1, -0.05) is 25.5 Å². The zero-order valence-electron chi connectivity index (χ0n) is 13.1. The molecule has 0 aliphatic heterocycles. The van der Waals surface area contributed by atoms with Crippen LogP contribution in [0.4, 0.5) is 0 Å². The number of hydrogen-bond acceptors (Lipinski definition) is 4. The molecule has 0 fully saturated rings. The van der Waals surface area contributed by atoms with E-state index in [9.17, 15) is 9.59 Å². The van der Waals surface area contributed by atoms with Gasteiger partial charge in [0.25, 0.3) is 5.91 Å². The first-order valence-corrected chi connectivity index (χ1v) is 7.60. The lowest BCUT2D eigenvalue weighted by molar-refractivity contribution is -0.137. The molecule has 7 heteroatoms. The number of aliphatic carboxylic acids is 1. The molecule has 2 aromatic rings. The molecule has 0 radical (unpaired) electrons. The van der Waals surface area contributed by atoms with E-state index in [0.717, 1.165) is 12.8 Å². The molecule has 1 heterocycles. The molecule has 2 rings (SSSR count). The van der Waals surface area contributed by atoms with Crippen LogP contribution in [-0.2, 0) is 4.79 Å². The van der Waals surface area contributed by atoms with Gasteiger partial charge in [-0.25, -0.2) is 0 Å². The second kappa shape index (κ2) is 8.07. The topological polar surface area (TPSA) is 88.3 Å². The number of rotatable bonds is 8. The maximum Gasteiger partial charge on any atom is 0.305 e. The van der Waals surface area contributed by atoms with E-state index in [4.69, 9.17) is 5.11 Å². The highest BCUT2D eigenvalue weighted by molar-refractivity contribution is 5.97.